The van der Waals surface area contributed by atoms with E-state index in [0.717, 1.165) is 54.4 Å². The fourth-order valence-corrected chi connectivity index (χ4v) is 10.3. The molecule has 2 nitrogen and oxygen atoms in total. The second-order valence-electron chi connectivity index (χ2n) is 14.4. The lowest BCUT2D eigenvalue weighted by Gasteiger charge is -2.59. The van der Waals surface area contributed by atoms with Crippen molar-refractivity contribution in [1.29, 1.82) is 0 Å². The van der Waals surface area contributed by atoms with Gasteiger partial charge in [0.2, 0.25) is 0 Å². The summed E-state index contributed by atoms with van der Waals surface area (Å²) >= 11 is 0. The van der Waals surface area contributed by atoms with E-state index in [1.165, 1.54) is 51.4 Å². The molecule has 4 fully saturated rings. The molecule has 6 rings (SSSR count). The van der Waals surface area contributed by atoms with Crippen molar-refractivity contribution in [3.63, 3.8) is 0 Å². The summed E-state index contributed by atoms with van der Waals surface area (Å²) in [5.74, 6) is 3.61. The number of fused-ring (bicyclic) bond motifs is 7. The fraction of sp³-hybridized carbons (Fsp3) is 0.765. The lowest BCUT2D eigenvalue weighted by molar-refractivity contribution is -0.143. The molecule has 5 aliphatic rings. The second kappa shape index (κ2) is 9.47. The molecule has 0 bridgehead atoms. The van der Waals surface area contributed by atoms with Crippen molar-refractivity contribution in [3.05, 3.63) is 47.3 Å². The molecular formula is C34H49FO2. The van der Waals surface area contributed by atoms with Crippen molar-refractivity contribution in [1.82, 2.24) is 0 Å². The van der Waals surface area contributed by atoms with Gasteiger partial charge in [-0.05, 0) is 129 Å². The van der Waals surface area contributed by atoms with E-state index in [0.29, 0.717) is 5.41 Å². The van der Waals surface area contributed by atoms with E-state index in [2.05, 4.69) is 40.7 Å². The number of halogens is 1. The highest BCUT2D eigenvalue weighted by Crippen LogP contribution is 2.68. The van der Waals surface area contributed by atoms with Gasteiger partial charge in [-0.15, -0.1) is 0 Å². The molecule has 0 spiro atoms. The SMILES string of the molecule is C[C@H](CCCCc1ccccc1F)[C@H]1CC[C@H]2[C@@H]3CC=C4[C@H]5OC(C)(C)O[C@H]5CC[C@]4(C)[C@H]3CC[C@]12C. The summed E-state index contributed by atoms with van der Waals surface area (Å²) in [6.45, 7) is 11.9. The van der Waals surface area contributed by atoms with Crippen LogP contribution in [0.1, 0.15) is 104 Å². The number of allylic oxidation sites excluding steroid dienone is 1. The predicted octanol–water partition coefficient (Wildman–Crippen LogP) is 8.88. The average molecular weight is 509 g/mol. The molecule has 204 valence electrons. The number of hydrogen-bond donors (Lipinski definition) is 0. The molecule has 0 radical (unpaired) electrons. The van der Waals surface area contributed by atoms with Crippen LogP contribution in [0.2, 0.25) is 0 Å². The van der Waals surface area contributed by atoms with Crippen LogP contribution >= 0.6 is 0 Å². The zero-order valence-electron chi connectivity index (χ0n) is 23.9. The number of ether oxygens (including phenoxy) is 2. The van der Waals surface area contributed by atoms with Crippen LogP contribution in [0.3, 0.4) is 0 Å². The third kappa shape index (κ3) is 4.35. The molecule has 0 unspecified atom stereocenters. The van der Waals surface area contributed by atoms with Crippen LogP contribution in [0.5, 0.6) is 0 Å². The average Bonchev–Trinajstić information content (AvgIpc) is 3.37. The maximum Gasteiger partial charge on any atom is 0.164 e. The Balaban J connectivity index is 1.11. The van der Waals surface area contributed by atoms with Crippen LogP contribution in [-0.2, 0) is 15.9 Å². The van der Waals surface area contributed by atoms with E-state index in [1.807, 2.05) is 12.1 Å². The van der Waals surface area contributed by atoms with Gasteiger partial charge < -0.3 is 9.47 Å². The summed E-state index contributed by atoms with van der Waals surface area (Å²) in [7, 11) is 0. The number of hydrogen-bond acceptors (Lipinski definition) is 2. The first-order valence-electron chi connectivity index (χ1n) is 15.4. The monoisotopic (exact) mass is 508 g/mol. The Bertz CT molecular complexity index is 1030. The van der Waals surface area contributed by atoms with Gasteiger partial charge in [-0.2, -0.15) is 0 Å². The van der Waals surface area contributed by atoms with Gasteiger partial charge in [0, 0.05) is 0 Å². The van der Waals surface area contributed by atoms with Gasteiger partial charge in [0.05, 0.1) is 6.10 Å². The third-order valence-corrected chi connectivity index (χ3v) is 12.0. The van der Waals surface area contributed by atoms with Gasteiger partial charge in [0.1, 0.15) is 11.9 Å². The Morgan fingerprint density at radius 3 is 2.57 bits per heavy atom. The zero-order chi connectivity index (χ0) is 26.0. The Hall–Kier alpha value is -1.19. The summed E-state index contributed by atoms with van der Waals surface area (Å²) in [6.07, 6.45) is 16.7. The summed E-state index contributed by atoms with van der Waals surface area (Å²) in [5.41, 5.74) is 3.23. The van der Waals surface area contributed by atoms with E-state index < -0.39 is 5.79 Å². The Morgan fingerprint density at radius 1 is 0.946 bits per heavy atom. The molecule has 1 aromatic rings. The maximum atomic E-state index is 14.0. The standard InChI is InChI=1S/C34H49FO2/c1-22(10-6-7-11-23-12-8-9-13-29(23)35)25-16-17-26-24-14-15-28-31-30(36-32(2,3)37-31)19-21-34(28,5)27(24)18-20-33(25,26)4/h8-9,12-13,15,22,24-27,30-31H,6-7,10-11,14,16-21H2,1-5H3/t22-,24+,25-,26+,27+,30+,31-,33-,34-/m1/s1. The summed E-state index contributed by atoms with van der Waals surface area (Å²) in [6, 6.07) is 7.29. The molecule has 37 heavy (non-hydrogen) atoms. The van der Waals surface area contributed by atoms with Gasteiger partial charge in [-0.1, -0.05) is 57.9 Å². The van der Waals surface area contributed by atoms with Crippen LogP contribution in [0.25, 0.3) is 0 Å². The summed E-state index contributed by atoms with van der Waals surface area (Å²) < 4.78 is 26.8. The van der Waals surface area contributed by atoms with Crippen LogP contribution in [0, 0.1) is 46.2 Å². The highest BCUT2D eigenvalue weighted by Gasteiger charge is 2.61. The number of rotatable bonds is 6. The van der Waals surface area contributed by atoms with Crippen LogP contribution in [0.15, 0.2) is 35.9 Å². The highest BCUT2D eigenvalue weighted by molar-refractivity contribution is 5.30. The van der Waals surface area contributed by atoms with E-state index in [-0.39, 0.29) is 23.4 Å². The van der Waals surface area contributed by atoms with E-state index in [4.69, 9.17) is 9.47 Å². The lowest BCUT2D eigenvalue weighted by atomic mass is 9.46. The molecule has 0 amide bonds. The van der Waals surface area contributed by atoms with Gasteiger partial charge in [0.15, 0.2) is 5.79 Å². The molecule has 9 atom stereocenters. The Kier molecular flexibility index (Phi) is 6.67. The zero-order valence-corrected chi connectivity index (χ0v) is 23.9. The van der Waals surface area contributed by atoms with Crippen LogP contribution in [-0.4, -0.2) is 18.0 Å². The highest BCUT2D eigenvalue weighted by atomic mass is 19.1. The van der Waals surface area contributed by atoms with E-state index in [9.17, 15) is 4.39 Å². The third-order valence-electron chi connectivity index (χ3n) is 12.0. The van der Waals surface area contributed by atoms with E-state index in [1.54, 1.807) is 17.7 Å². The summed E-state index contributed by atoms with van der Waals surface area (Å²) in [5, 5.41) is 0. The number of benzene rings is 1. The molecule has 1 aliphatic heterocycles. The molecular weight excluding hydrogens is 459 g/mol. The predicted molar refractivity (Wildman–Crippen MR) is 148 cm³/mol. The molecule has 1 heterocycles. The lowest BCUT2D eigenvalue weighted by Crippen LogP contribution is -2.53. The first-order valence-corrected chi connectivity index (χ1v) is 15.4. The first kappa shape index (κ1) is 26.1. The first-order chi connectivity index (χ1) is 17.6. The minimum atomic E-state index is -0.451. The van der Waals surface area contributed by atoms with Crippen LogP contribution in [0.4, 0.5) is 4.39 Å². The van der Waals surface area contributed by atoms with Crippen LogP contribution < -0.4 is 0 Å². The van der Waals surface area contributed by atoms with Crippen molar-refractivity contribution in [2.45, 2.75) is 123 Å². The van der Waals surface area contributed by atoms with Gasteiger partial charge in [-0.25, -0.2) is 4.39 Å². The molecule has 0 N–H and O–H groups in total. The molecule has 4 aliphatic carbocycles. The van der Waals surface area contributed by atoms with Crippen molar-refractivity contribution in [3.8, 4) is 0 Å². The van der Waals surface area contributed by atoms with Crippen molar-refractivity contribution in [2.75, 3.05) is 0 Å². The minimum Gasteiger partial charge on any atom is -0.344 e. The largest absolute Gasteiger partial charge is 0.344 e. The molecule has 1 aromatic carbocycles. The minimum absolute atomic E-state index is 0.0407. The Morgan fingerprint density at radius 2 is 1.76 bits per heavy atom. The number of unbranched alkanes of at least 4 members (excludes halogenated alkanes) is 1. The van der Waals surface area contributed by atoms with Gasteiger partial charge in [0.25, 0.3) is 0 Å². The summed E-state index contributed by atoms with van der Waals surface area (Å²) in [4.78, 5) is 0. The molecule has 3 saturated carbocycles. The van der Waals surface area contributed by atoms with Gasteiger partial charge in [-0.3, -0.25) is 0 Å². The molecule has 3 heteroatoms. The van der Waals surface area contributed by atoms with Crippen molar-refractivity contribution >= 4 is 0 Å². The maximum absolute atomic E-state index is 14.0. The van der Waals surface area contributed by atoms with Gasteiger partial charge >= 0.3 is 0 Å². The smallest absolute Gasteiger partial charge is 0.164 e. The normalized spacial score (nSPS) is 42.8. The van der Waals surface area contributed by atoms with Crippen molar-refractivity contribution in [2.24, 2.45) is 40.4 Å². The van der Waals surface area contributed by atoms with E-state index >= 15 is 0 Å². The molecule has 0 aromatic heterocycles. The van der Waals surface area contributed by atoms with Crippen molar-refractivity contribution < 1.29 is 13.9 Å². The molecule has 1 saturated heterocycles. The fourth-order valence-electron chi connectivity index (χ4n) is 10.3. The Labute approximate surface area is 224 Å². The quantitative estimate of drug-likeness (QED) is 0.282. The topological polar surface area (TPSA) is 18.5 Å². The number of aryl methyl sites for hydroxylation is 1. The second-order valence-corrected chi connectivity index (χ2v) is 14.4.